The lowest BCUT2D eigenvalue weighted by molar-refractivity contribution is 0.0711. The summed E-state index contributed by atoms with van der Waals surface area (Å²) in [5, 5.41) is 4.98. The molecule has 2 aromatic rings. The van der Waals surface area contributed by atoms with Crippen LogP contribution in [0, 0.1) is 5.92 Å². The highest BCUT2D eigenvalue weighted by Gasteiger charge is 2.33. The van der Waals surface area contributed by atoms with Crippen molar-refractivity contribution in [1.82, 2.24) is 10.2 Å². The van der Waals surface area contributed by atoms with E-state index in [-0.39, 0.29) is 0 Å². The molecule has 3 fully saturated rings. The van der Waals surface area contributed by atoms with Gasteiger partial charge in [-0.3, -0.25) is 0 Å². The van der Waals surface area contributed by atoms with Gasteiger partial charge in [-0.25, -0.2) is 0 Å². The van der Waals surface area contributed by atoms with Crippen LogP contribution in [0.5, 0.6) is 0 Å². The van der Waals surface area contributed by atoms with Crippen LogP contribution in [0.15, 0.2) is 34.7 Å². The van der Waals surface area contributed by atoms with Gasteiger partial charge in [0, 0.05) is 23.2 Å². The average molecular weight is 351 g/mol. The Kier molecular flexibility index (Phi) is 4.37. The summed E-state index contributed by atoms with van der Waals surface area (Å²) >= 11 is 12.3. The van der Waals surface area contributed by atoms with Crippen molar-refractivity contribution in [2.45, 2.75) is 25.4 Å². The van der Waals surface area contributed by atoms with E-state index in [9.17, 15) is 0 Å². The molecular weight excluding hydrogens is 331 g/mol. The Morgan fingerprint density at radius 2 is 1.96 bits per heavy atom. The Hall–Kier alpha value is -1.00. The highest BCUT2D eigenvalue weighted by atomic mass is 35.5. The van der Waals surface area contributed by atoms with Gasteiger partial charge >= 0.3 is 0 Å². The Labute approximate surface area is 146 Å². The molecule has 3 aliphatic rings. The minimum Gasteiger partial charge on any atom is -0.460 e. The number of halogens is 2. The van der Waals surface area contributed by atoms with Crippen molar-refractivity contribution in [3.8, 4) is 11.3 Å². The molecular formula is C18H20Cl2N2O. The molecule has 3 nitrogen and oxygen atoms in total. The number of nitrogens with zero attached hydrogens (tertiary/aromatic N) is 1. The number of fused-ring (bicyclic) bond motifs is 3. The molecule has 1 aromatic carbocycles. The van der Waals surface area contributed by atoms with E-state index in [0.29, 0.717) is 16.1 Å². The summed E-state index contributed by atoms with van der Waals surface area (Å²) in [7, 11) is 0. The Morgan fingerprint density at radius 1 is 1.13 bits per heavy atom. The third-order valence-corrected chi connectivity index (χ3v) is 5.61. The van der Waals surface area contributed by atoms with Gasteiger partial charge in [0.05, 0.1) is 11.6 Å². The Morgan fingerprint density at radius 3 is 2.70 bits per heavy atom. The molecule has 1 unspecified atom stereocenters. The smallest absolute Gasteiger partial charge is 0.135 e. The molecule has 0 saturated carbocycles. The zero-order valence-corrected chi connectivity index (χ0v) is 14.4. The van der Waals surface area contributed by atoms with Gasteiger partial charge in [0.1, 0.15) is 11.5 Å². The molecule has 0 radical (unpaired) electrons. The summed E-state index contributed by atoms with van der Waals surface area (Å²) in [6.45, 7) is 4.45. The van der Waals surface area contributed by atoms with Crippen molar-refractivity contribution in [3.63, 3.8) is 0 Å². The fourth-order valence-electron chi connectivity index (χ4n) is 3.73. The molecule has 1 aromatic heterocycles. The van der Waals surface area contributed by atoms with Crippen LogP contribution in [0.25, 0.3) is 11.3 Å². The van der Waals surface area contributed by atoms with Crippen LogP contribution in [-0.2, 0) is 6.54 Å². The van der Waals surface area contributed by atoms with E-state index >= 15 is 0 Å². The van der Waals surface area contributed by atoms with E-state index in [1.165, 1.54) is 32.5 Å². The first-order valence-corrected chi connectivity index (χ1v) is 8.94. The SMILES string of the molecule is Clc1ccc(Cl)c(-c2ccc(CNC3CN4CCC3CC4)o2)c1. The molecule has 0 amide bonds. The van der Waals surface area contributed by atoms with Gasteiger partial charge in [0.2, 0.25) is 0 Å². The van der Waals surface area contributed by atoms with E-state index in [4.69, 9.17) is 27.6 Å². The van der Waals surface area contributed by atoms with Gasteiger partial charge in [-0.15, -0.1) is 0 Å². The van der Waals surface area contributed by atoms with Crippen LogP contribution in [0.1, 0.15) is 18.6 Å². The number of hydrogen-bond acceptors (Lipinski definition) is 3. The first-order valence-electron chi connectivity index (χ1n) is 8.19. The molecule has 3 saturated heterocycles. The van der Waals surface area contributed by atoms with Crippen molar-refractivity contribution in [2.24, 2.45) is 5.92 Å². The van der Waals surface area contributed by atoms with E-state index in [1.807, 2.05) is 18.2 Å². The summed E-state index contributed by atoms with van der Waals surface area (Å²) in [4.78, 5) is 2.55. The molecule has 122 valence electrons. The second-order valence-electron chi connectivity index (χ2n) is 6.52. The maximum atomic E-state index is 6.24. The van der Waals surface area contributed by atoms with Gasteiger partial charge in [0.25, 0.3) is 0 Å². The van der Waals surface area contributed by atoms with Crippen molar-refractivity contribution < 1.29 is 4.42 Å². The average Bonchev–Trinajstić information content (AvgIpc) is 3.05. The van der Waals surface area contributed by atoms with Crippen molar-refractivity contribution >= 4 is 23.2 Å². The standard InChI is InChI=1S/C18H20Cl2N2O/c19-13-1-3-16(20)15(9-13)18-4-2-14(23-18)10-21-17-11-22-7-5-12(17)6-8-22/h1-4,9,12,17,21H,5-8,10-11H2. The first-order chi connectivity index (χ1) is 11.2. The summed E-state index contributed by atoms with van der Waals surface area (Å²) in [6, 6.07) is 9.99. The Bertz CT molecular complexity index is 692. The lowest BCUT2D eigenvalue weighted by Crippen LogP contribution is -2.55. The molecule has 1 N–H and O–H groups in total. The van der Waals surface area contributed by atoms with Gasteiger partial charge in [-0.1, -0.05) is 23.2 Å². The second-order valence-corrected chi connectivity index (χ2v) is 7.36. The number of nitrogens with one attached hydrogen (secondary N) is 1. The van der Waals surface area contributed by atoms with Gasteiger partial charge < -0.3 is 14.6 Å². The predicted octanol–water partition coefficient (Wildman–Crippen LogP) is 4.44. The molecule has 3 aliphatic heterocycles. The van der Waals surface area contributed by atoms with Crippen LogP contribution < -0.4 is 5.32 Å². The number of rotatable bonds is 4. The van der Waals surface area contributed by atoms with Crippen LogP contribution in [0.4, 0.5) is 0 Å². The van der Waals surface area contributed by atoms with E-state index in [0.717, 1.165) is 29.5 Å². The van der Waals surface area contributed by atoms with E-state index in [1.54, 1.807) is 12.1 Å². The first kappa shape index (κ1) is 15.5. The summed E-state index contributed by atoms with van der Waals surface area (Å²) in [5.74, 6) is 2.52. The predicted molar refractivity (Wildman–Crippen MR) is 94.0 cm³/mol. The minimum atomic E-state index is 0.584. The highest BCUT2D eigenvalue weighted by Crippen LogP contribution is 2.32. The molecule has 5 heteroatoms. The Balaban J connectivity index is 1.43. The maximum absolute atomic E-state index is 6.24. The minimum absolute atomic E-state index is 0.584. The van der Waals surface area contributed by atoms with Crippen molar-refractivity contribution in [3.05, 3.63) is 46.1 Å². The summed E-state index contributed by atoms with van der Waals surface area (Å²) < 4.78 is 5.96. The van der Waals surface area contributed by atoms with Gasteiger partial charge in [-0.05, 0) is 62.2 Å². The lowest BCUT2D eigenvalue weighted by atomic mass is 9.84. The third kappa shape index (κ3) is 3.29. The zero-order valence-electron chi connectivity index (χ0n) is 12.9. The fraction of sp³-hybridized carbons (Fsp3) is 0.444. The molecule has 0 spiro atoms. The van der Waals surface area contributed by atoms with Gasteiger partial charge in [0.15, 0.2) is 0 Å². The number of piperidine rings is 3. The van der Waals surface area contributed by atoms with E-state index in [2.05, 4.69) is 10.2 Å². The van der Waals surface area contributed by atoms with Crippen LogP contribution >= 0.6 is 23.2 Å². The molecule has 2 bridgehead atoms. The third-order valence-electron chi connectivity index (χ3n) is 5.05. The van der Waals surface area contributed by atoms with Crippen LogP contribution in [0.3, 0.4) is 0 Å². The topological polar surface area (TPSA) is 28.4 Å². The molecule has 1 atom stereocenters. The zero-order chi connectivity index (χ0) is 15.8. The van der Waals surface area contributed by atoms with Gasteiger partial charge in [-0.2, -0.15) is 0 Å². The summed E-state index contributed by atoms with van der Waals surface area (Å²) in [5.41, 5.74) is 0.841. The fourth-order valence-corrected chi connectivity index (χ4v) is 4.11. The highest BCUT2D eigenvalue weighted by molar-refractivity contribution is 6.35. The second kappa shape index (κ2) is 6.48. The van der Waals surface area contributed by atoms with E-state index < -0.39 is 0 Å². The molecule has 0 aliphatic carbocycles. The normalized spacial score (nSPS) is 26.6. The molecule has 4 heterocycles. The quantitative estimate of drug-likeness (QED) is 0.883. The molecule has 5 rings (SSSR count). The van der Waals surface area contributed by atoms with Crippen molar-refractivity contribution in [2.75, 3.05) is 19.6 Å². The molecule has 23 heavy (non-hydrogen) atoms. The number of furan rings is 1. The van der Waals surface area contributed by atoms with Crippen LogP contribution in [-0.4, -0.2) is 30.6 Å². The van der Waals surface area contributed by atoms with Crippen molar-refractivity contribution in [1.29, 1.82) is 0 Å². The number of hydrogen-bond donors (Lipinski definition) is 1. The largest absolute Gasteiger partial charge is 0.460 e. The summed E-state index contributed by atoms with van der Waals surface area (Å²) in [6.07, 6.45) is 2.64. The lowest BCUT2D eigenvalue weighted by Gasteiger charge is -2.45. The monoisotopic (exact) mass is 350 g/mol. The van der Waals surface area contributed by atoms with Crippen LogP contribution in [0.2, 0.25) is 10.0 Å². The maximum Gasteiger partial charge on any atom is 0.135 e. The number of benzene rings is 1.